The van der Waals surface area contributed by atoms with Gasteiger partial charge in [-0.2, -0.15) is 0 Å². The van der Waals surface area contributed by atoms with Crippen molar-refractivity contribution in [1.82, 2.24) is 25.5 Å². The third kappa shape index (κ3) is 2.11. The van der Waals surface area contributed by atoms with Crippen LogP contribution in [-0.2, 0) is 5.54 Å². The number of hydrogen-bond acceptors (Lipinski definition) is 4. The summed E-state index contributed by atoms with van der Waals surface area (Å²) in [7, 11) is 0. The molecule has 0 atom stereocenters. The largest absolute Gasteiger partial charge is 0.317 e. The summed E-state index contributed by atoms with van der Waals surface area (Å²) in [4.78, 5) is 0. The van der Waals surface area contributed by atoms with Crippen LogP contribution in [-0.4, -0.2) is 33.3 Å². The zero-order valence-electron chi connectivity index (χ0n) is 9.99. The summed E-state index contributed by atoms with van der Waals surface area (Å²) in [6.45, 7) is 1.99. The lowest BCUT2D eigenvalue weighted by Crippen LogP contribution is -2.45. The summed E-state index contributed by atoms with van der Waals surface area (Å²) in [6, 6.07) is 10.5. The van der Waals surface area contributed by atoms with Crippen LogP contribution in [0.25, 0.3) is 0 Å². The Bertz CT molecular complexity index is 464. The summed E-state index contributed by atoms with van der Waals surface area (Å²) in [5, 5.41) is 15.1. The highest BCUT2D eigenvalue weighted by molar-refractivity contribution is 5.85. The molecule has 2 heterocycles. The first-order valence-corrected chi connectivity index (χ1v) is 5.91. The number of benzene rings is 1. The van der Waals surface area contributed by atoms with Crippen molar-refractivity contribution in [3.05, 3.63) is 42.2 Å². The zero-order valence-corrected chi connectivity index (χ0v) is 10.8. The Balaban J connectivity index is 0.00000120. The van der Waals surface area contributed by atoms with Crippen molar-refractivity contribution in [2.75, 3.05) is 13.1 Å². The third-order valence-corrected chi connectivity index (χ3v) is 3.53. The second-order valence-corrected chi connectivity index (χ2v) is 4.40. The Morgan fingerprint density at radius 1 is 1.11 bits per heavy atom. The highest BCUT2D eigenvalue weighted by atomic mass is 35.5. The van der Waals surface area contributed by atoms with Crippen molar-refractivity contribution < 1.29 is 0 Å². The van der Waals surface area contributed by atoms with E-state index in [1.165, 1.54) is 5.56 Å². The molecule has 1 aromatic carbocycles. The first-order chi connectivity index (χ1) is 8.42. The fourth-order valence-electron chi connectivity index (χ4n) is 2.60. The molecule has 0 bridgehead atoms. The number of halogens is 1. The molecule has 1 fully saturated rings. The van der Waals surface area contributed by atoms with Crippen LogP contribution in [0.3, 0.4) is 0 Å². The molecular weight excluding hydrogens is 250 g/mol. The van der Waals surface area contributed by atoms with Crippen molar-refractivity contribution >= 4 is 12.4 Å². The summed E-state index contributed by atoms with van der Waals surface area (Å²) in [5.74, 6) is 0. The van der Waals surface area contributed by atoms with E-state index in [2.05, 4.69) is 45.1 Å². The van der Waals surface area contributed by atoms with Crippen LogP contribution in [0.15, 0.2) is 36.7 Å². The second kappa shape index (κ2) is 5.46. The fraction of sp³-hybridized carbons (Fsp3) is 0.417. The normalized spacial score (nSPS) is 18.0. The average molecular weight is 266 g/mol. The van der Waals surface area contributed by atoms with Gasteiger partial charge >= 0.3 is 0 Å². The highest BCUT2D eigenvalue weighted by Crippen LogP contribution is 2.33. The van der Waals surface area contributed by atoms with Gasteiger partial charge in [0.05, 0.1) is 5.54 Å². The summed E-state index contributed by atoms with van der Waals surface area (Å²) in [6.07, 6.45) is 3.75. The molecule has 1 aliphatic heterocycles. The topological polar surface area (TPSA) is 55.6 Å². The predicted molar refractivity (Wildman–Crippen MR) is 70.7 cm³/mol. The molecule has 1 saturated heterocycles. The third-order valence-electron chi connectivity index (χ3n) is 3.53. The molecule has 96 valence electrons. The predicted octanol–water partition coefficient (Wildman–Crippen LogP) is 1.22. The number of aromatic nitrogens is 4. The SMILES string of the molecule is Cl.c1ccc(C2(n3cnnn3)CCNCC2)cc1. The van der Waals surface area contributed by atoms with E-state index in [0.29, 0.717) is 0 Å². The molecule has 1 aromatic heterocycles. The van der Waals surface area contributed by atoms with Crippen LogP contribution in [0, 0.1) is 0 Å². The van der Waals surface area contributed by atoms with Crippen molar-refractivity contribution in [2.45, 2.75) is 18.4 Å². The molecule has 0 radical (unpaired) electrons. The number of tetrazole rings is 1. The van der Waals surface area contributed by atoms with Crippen LogP contribution >= 0.6 is 12.4 Å². The zero-order chi connectivity index (χ0) is 11.6. The minimum atomic E-state index is -0.0873. The van der Waals surface area contributed by atoms with Gasteiger partial charge in [-0.1, -0.05) is 30.3 Å². The van der Waals surface area contributed by atoms with Crippen molar-refractivity contribution in [3.63, 3.8) is 0 Å². The maximum atomic E-state index is 4.12. The molecule has 0 aliphatic carbocycles. The number of rotatable bonds is 2. The molecule has 2 aromatic rings. The molecule has 0 spiro atoms. The van der Waals surface area contributed by atoms with E-state index in [4.69, 9.17) is 0 Å². The van der Waals surface area contributed by atoms with Crippen molar-refractivity contribution in [1.29, 1.82) is 0 Å². The van der Waals surface area contributed by atoms with Gasteiger partial charge in [0.25, 0.3) is 0 Å². The van der Waals surface area contributed by atoms with Gasteiger partial charge in [0.15, 0.2) is 0 Å². The lowest BCUT2D eigenvalue weighted by atomic mass is 9.81. The van der Waals surface area contributed by atoms with Gasteiger partial charge in [0, 0.05) is 0 Å². The Morgan fingerprint density at radius 2 is 1.83 bits per heavy atom. The number of piperidine rings is 1. The lowest BCUT2D eigenvalue weighted by Gasteiger charge is -2.37. The van der Waals surface area contributed by atoms with Gasteiger partial charge in [-0.25, -0.2) is 4.68 Å². The van der Waals surface area contributed by atoms with E-state index in [-0.39, 0.29) is 17.9 Å². The molecule has 18 heavy (non-hydrogen) atoms. The standard InChI is InChI=1S/C12H15N5.ClH/c1-2-4-11(5-3-1)12(6-8-13-9-7-12)17-10-14-15-16-17;/h1-5,10,13H,6-9H2;1H. The number of nitrogens with one attached hydrogen (secondary N) is 1. The van der Waals surface area contributed by atoms with Crippen LogP contribution in [0.4, 0.5) is 0 Å². The van der Waals surface area contributed by atoms with Crippen molar-refractivity contribution in [2.24, 2.45) is 0 Å². The molecule has 0 amide bonds. The fourth-order valence-corrected chi connectivity index (χ4v) is 2.60. The molecule has 0 unspecified atom stereocenters. The monoisotopic (exact) mass is 265 g/mol. The molecule has 1 N–H and O–H groups in total. The number of hydrogen-bond donors (Lipinski definition) is 1. The Morgan fingerprint density at radius 3 is 2.44 bits per heavy atom. The first kappa shape index (κ1) is 13.0. The molecule has 0 saturated carbocycles. The Hall–Kier alpha value is -1.46. The highest BCUT2D eigenvalue weighted by Gasteiger charge is 2.36. The Kier molecular flexibility index (Phi) is 3.93. The van der Waals surface area contributed by atoms with Gasteiger partial charge < -0.3 is 5.32 Å². The minimum absolute atomic E-state index is 0. The van der Waals surface area contributed by atoms with Crippen LogP contribution in [0.5, 0.6) is 0 Å². The van der Waals surface area contributed by atoms with Crippen LogP contribution in [0.2, 0.25) is 0 Å². The quantitative estimate of drug-likeness (QED) is 0.887. The lowest BCUT2D eigenvalue weighted by molar-refractivity contribution is 0.232. The van der Waals surface area contributed by atoms with Gasteiger partial charge in [-0.05, 0) is 41.9 Å². The molecule has 6 heteroatoms. The smallest absolute Gasteiger partial charge is 0.139 e. The van der Waals surface area contributed by atoms with Gasteiger partial charge in [0.1, 0.15) is 6.33 Å². The maximum Gasteiger partial charge on any atom is 0.139 e. The summed E-state index contributed by atoms with van der Waals surface area (Å²) in [5.41, 5.74) is 1.20. The first-order valence-electron chi connectivity index (χ1n) is 5.91. The Labute approximate surface area is 112 Å². The average Bonchev–Trinajstić information content (AvgIpc) is 2.95. The van der Waals surface area contributed by atoms with Gasteiger partial charge in [-0.15, -0.1) is 17.5 Å². The maximum absolute atomic E-state index is 4.12. The minimum Gasteiger partial charge on any atom is -0.317 e. The van der Waals surface area contributed by atoms with E-state index in [0.717, 1.165) is 25.9 Å². The summed E-state index contributed by atoms with van der Waals surface area (Å²) >= 11 is 0. The van der Waals surface area contributed by atoms with E-state index >= 15 is 0 Å². The van der Waals surface area contributed by atoms with Gasteiger partial charge in [0.2, 0.25) is 0 Å². The second-order valence-electron chi connectivity index (χ2n) is 4.40. The molecular formula is C12H16ClN5. The molecule has 5 nitrogen and oxygen atoms in total. The van der Waals surface area contributed by atoms with E-state index in [9.17, 15) is 0 Å². The van der Waals surface area contributed by atoms with E-state index in [1.54, 1.807) is 6.33 Å². The van der Waals surface area contributed by atoms with E-state index in [1.807, 2.05) is 10.7 Å². The molecule has 3 rings (SSSR count). The van der Waals surface area contributed by atoms with Crippen molar-refractivity contribution in [3.8, 4) is 0 Å². The summed E-state index contributed by atoms with van der Waals surface area (Å²) < 4.78 is 1.91. The van der Waals surface area contributed by atoms with Crippen LogP contribution < -0.4 is 5.32 Å². The van der Waals surface area contributed by atoms with E-state index < -0.39 is 0 Å². The van der Waals surface area contributed by atoms with Crippen LogP contribution in [0.1, 0.15) is 18.4 Å². The number of nitrogens with zero attached hydrogens (tertiary/aromatic N) is 4. The van der Waals surface area contributed by atoms with Gasteiger partial charge in [-0.3, -0.25) is 0 Å². The molecule has 1 aliphatic rings.